The molecule has 0 rings (SSSR count). The first kappa shape index (κ1) is 128. The Morgan fingerprint density at radius 1 is 0.137 bits per heavy atom. The smallest absolute Gasteiger partial charge is 0.306 e. The van der Waals surface area contributed by atoms with Crippen LogP contribution in [0.25, 0.3) is 0 Å². The molecule has 0 fully saturated rings. The molecule has 0 aromatic carbocycles. The molecule has 131 heavy (non-hydrogen) atoms. The minimum atomic E-state index is -1.41. The summed E-state index contributed by atoms with van der Waals surface area (Å²) in [5.74, 6) is -2.44. The number of ether oxygens (including phenoxy) is 7. The van der Waals surface area contributed by atoms with Gasteiger partial charge in [-0.3, -0.25) is 28.8 Å². The first-order valence-electron chi connectivity index (χ1n) is 59.0. The summed E-state index contributed by atoms with van der Waals surface area (Å²) in [7, 11) is 0. The van der Waals surface area contributed by atoms with Crippen molar-refractivity contribution in [2.24, 2.45) is 10.8 Å². The summed E-state index contributed by atoms with van der Waals surface area (Å²) in [6.45, 7) is 12.1. The lowest BCUT2D eigenvalue weighted by molar-refractivity contribution is -0.175. The Hall–Kier alpha value is -3.22. The van der Waals surface area contributed by atoms with E-state index in [0.29, 0.717) is 38.5 Å². The molecule has 0 heterocycles. The molecule has 0 aliphatic carbocycles. The second kappa shape index (κ2) is 106. The molecule has 0 aliphatic heterocycles. The second-order valence-corrected chi connectivity index (χ2v) is 41.6. The summed E-state index contributed by atoms with van der Waals surface area (Å²) < 4.78 is 44.5. The molecular weight excluding hydrogens is 1630 g/mol. The molecule has 0 saturated carbocycles. The van der Waals surface area contributed by atoms with Gasteiger partial charge < -0.3 is 33.2 Å². The van der Waals surface area contributed by atoms with Crippen LogP contribution in [0.5, 0.6) is 0 Å². The number of carbonyl (C=O) groups excluding carboxylic acids is 6. The van der Waals surface area contributed by atoms with Gasteiger partial charge in [0.1, 0.15) is 33.0 Å². The quantitative estimate of drug-likeness (QED) is 0.0321. The third kappa shape index (κ3) is 96.8. The Morgan fingerprint density at radius 3 is 0.427 bits per heavy atom. The standard InChI is InChI=1S/C118H226O13/c1-7-13-19-25-31-37-43-49-55-61-67-73-79-85-91-97-111(119)127-106-117(103-116(124)126-102-96-90-84-78-72-66-60-54-48-42-36-30-24-18-12-6,107-128-112(120)98-92-86-80-74-68-62-56-50-44-38-32-26-20-14-8-2)104-125-105-118(108-129-113(121)99-93-87-81-75-69-63-57-51-45-39-33-27-21-15-9-3,109-130-114(122)100-94-88-82-76-70-64-58-52-46-40-34-28-22-16-10-4)110-131-115(123)101-95-89-83-77-71-65-59-53-47-41-35-29-23-17-11-5/h7-110H2,1-6H3. The van der Waals surface area contributed by atoms with Crippen molar-refractivity contribution in [1.29, 1.82) is 0 Å². The monoisotopic (exact) mass is 1850 g/mol. The fraction of sp³-hybridized carbons (Fsp3) is 0.949. The van der Waals surface area contributed by atoms with Crippen molar-refractivity contribution in [2.45, 2.75) is 658 Å². The molecule has 0 N–H and O–H groups in total. The van der Waals surface area contributed by atoms with Gasteiger partial charge in [-0.2, -0.15) is 0 Å². The molecule has 13 heteroatoms. The van der Waals surface area contributed by atoms with Crippen molar-refractivity contribution < 1.29 is 61.9 Å². The van der Waals surface area contributed by atoms with E-state index in [0.717, 1.165) is 116 Å². The predicted octanol–water partition coefficient (Wildman–Crippen LogP) is 37.8. The Morgan fingerprint density at radius 2 is 0.267 bits per heavy atom. The van der Waals surface area contributed by atoms with Crippen LogP contribution in [0.15, 0.2) is 0 Å². The second-order valence-electron chi connectivity index (χ2n) is 41.6. The van der Waals surface area contributed by atoms with E-state index in [1.807, 2.05) is 0 Å². The van der Waals surface area contributed by atoms with E-state index in [1.54, 1.807) is 0 Å². The maximum Gasteiger partial charge on any atom is 0.306 e. The van der Waals surface area contributed by atoms with E-state index in [9.17, 15) is 28.8 Å². The lowest BCUT2D eigenvalue weighted by atomic mass is 9.86. The van der Waals surface area contributed by atoms with Crippen LogP contribution in [0.3, 0.4) is 0 Å². The number of carbonyl (C=O) groups is 6. The van der Waals surface area contributed by atoms with Crippen LogP contribution in [-0.4, -0.2) is 88.7 Å². The van der Waals surface area contributed by atoms with Gasteiger partial charge in [-0.1, -0.05) is 581 Å². The normalized spacial score (nSPS) is 11.8. The fourth-order valence-electron chi connectivity index (χ4n) is 18.8. The van der Waals surface area contributed by atoms with Crippen molar-refractivity contribution in [1.82, 2.24) is 0 Å². The zero-order valence-electron chi connectivity index (χ0n) is 88.8. The zero-order valence-corrected chi connectivity index (χ0v) is 88.8. The van der Waals surface area contributed by atoms with E-state index < -0.39 is 28.7 Å². The highest BCUT2D eigenvalue weighted by Gasteiger charge is 2.42. The molecule has 776 valence electrons. The van der Waals surface area contributed by atoms with Crippen molar-refractivity contribution in [3.8, 4) is 0 Å². The van der Waals surface area contributed by atoms with Crippen LogP contribution in [0, 0.1) is 10.8 Å². The highest BCUT2D eigenvalue weighted by molar-refractivity contribution is 5.72. The summed E-state index contributed by atoms with van der Waals surface area (Å²) in [4.78, 5) is 85.5. The molecule has 0 unspecified atom stereocenters. The maximum atomic E-state index is 14.7. The number of hydrogen-bond acceptors (Lipinski definition) is 13. The van der Waals surface area contributed by atoms with Crippen molar-refractivity contribution in [3.63, 3.8) is 0 Å². The largest absolute Gasteiger partial charge is 0.466 e. The summed E-state index contributed by atoms with van der Waals surface area (Å²) in [6, 6.07) is 0. The van der Waals surface area contributed by atoms with Gasteiger partial charge >= 0.3 is 35.8 Å². The Balaban J connectivity index is 7.24. The van der Waals surface area contributed by atoms with Gasteiger partial charge in [-0.25, -0.2) is 0 Å². The number of hydrogen-bond donors (Lipinski definition) is 0. The lowest BCUT2D eigenvalue weighted by Crippen LogP contribution is -2.46. The Kier molecular flexibility index (Phi) is 103. The van der Waals surface area contributed by atoms with Crippen molar-refractivity contribution >= 4 is 35.8 Å². The average molecular weight is 1850 g/mol. The van der Waals surface area contributed by atoms with E-state index in [2.05, 4.69) is 41.5 Å². The lowest BCUT2D eigenvalue weighted by Gasteiger charge is -2.35. The molecule has 0 aromatic heterocycles. The molecule has 0 atom stereocenters. The van der Waals surface area contributed by atoms with Crippen molar-refractivity contribution in [3.05, 3.63) is 0 Å². The Labute approximate surface area is 814 Å². The highest BCUT2D eigenvalue weighted by Crippen LogP contribution is 2.32. The molecule has 13 nitrogen and oxygen atoms in total. The molecular formula is C118H226O13. The van der Waals surface area contributed by atoms with Gasteiger partial charge in [0.15, 0.2) is 0 Å². The third-order valence-corrected chi connectivity index (χ3v) is 28.0. The SMILES string of the molecule is CCCCCCCCCCCCCCCCCOC(=O)CC(COCC(COC(=O)CCCCCCCCCCCCCCCCC)(COC(=O)CCCCCCCCCCCCCCCCC)COC(=O)CCCCCCCCCCCCCCCCC)(COC(=O)CCCCCCCCCCCCCCCCC)COC(=O)CCCCCCCCCCCCCCCCC. The number of unbranched alkanes of at least 4 members (excludes halogenated alkanes) is 84. The van der Waals surface area contributed by atoms with E-state index >= 15 is 0 Å². The summed E-state index contributed by atoms with van der Waals surface area (Å²) in [5.41, 5.74) is -2.79. The molecule has 0 aliphatic rings. The minimum Gasteiger partial charge on any atom is -0.466 e. The average Bonchev–Trinajstić information content (AvgIpc) is 0.833. The molecule has 0 bridgehead atoms. The molecule has 0 aromatic rings. The van der Waals surface area contributed by atoms with Crippen LogP contribution in [0.4, 0.5) is 0 Å². The first-order chi connectivity index (χ1) is 64.4. The molecule has 0 saturated heterocycles. The topological polar surface area (TPSA) is 167 Å². The van der Waals surface area contributed by atoms with E-state index in [4.69, 9.17) is 33.2 Å². The van der Waals surface area contributed by atoms with E-state index in [1.165, 1.54) is 424 Å². The van der Waals surface area contributed by atoms with E-state index in [-0.39, 0.29) is 109 Å². The number of esters is 6. The Bertz CT molecular complexity index is 2190. The summed E-state index contributed by atoms with van der Waals surface area (Å²) in [6.07, 6.45) is 110. The van der Waals surface area contributed by atoms with Crippen LogP contribution in [-0.2, 0) is 61.9 Å². The molecule has 0 amide bonds. The fourth-order valence-corrected chi connectivity index (χ4v) is 18.8. The van der Waals surface area contributed by atoms with Gasteiger partial charge in [0.2, 0.25) is 0 Å². The maximum absolute atomic E-state index is 14.7. The van der Waals surface area contributed by atoms with Crippen LogP contribution in [0.2, 0.25) is 0 Å². The highest BCUT2D eigenvalue weighted by atomic mass is 16.6. The third-order valence-electron chi connectivity index (χ3n) is 28.0. The summed E-state index contributed by atoms with van der Waals surface area (Å²) >= 11 is 0. The predicted molar refractivity (Wildman–Crippen MR) is 559 cm³/mol. The van der Waals surface area contributed by atoms with Gasteiger partial charge in [0.25, 0.3) is 0 Å². The van der Waals surface area contributed by atoms with Crippen LogP contribution in [0.1, 0.15) is 658 Å². The minimum absolute atomic E-state index is 0.210. The number of rotatable bonds is 112. The van der Waals surface area contributed by atoms with Crippen LogP contribution >= 0.6 is 0 Å². The molecule has 0 spiro atoms. The molecule has 0 radical (unpaired) electrons. The first-order valence-corrected chi connectivity index (χ1v) is 59.0. The van der Waals surface area contributed by atoms with Crippen LogP contribution < -0.4 is 0 Å². The van der Waals surface area contributed by atoms with Gasteiger partial charge in [0, 0.05) is 32.1 Å². The van der Waals surface area contributed by atoms with Crippen molar-refractivity contribution in [2.75, 3.05) is 52.9 Å². The summed E-state index contributed by atoms with van der Waals surface area (Å²) in [5, 5.41) is 0. The van der Waals surface area contributed by atoms with Gasteiger partial charge in [-0.05, 0) is 38.5 Å². The van der Waals surface area contributed by atoms with Gasteiger partial charge in [0.05, 0.1) is 37.1 Å². The van der Waals surface area contributed by atoms with Gasteiger partial charge in [-0.15, -0.1) is 0 Å². The zero-order chi connectivity index (χ0) is 95.0.